The number of hydrogen-bond donors (Lipinski definition) is 1. The molecule has 29 heavy (non-hydrogen) atoms. The molecule has 6 nitrogen and oxygen atoms in total. The van der Waals surface area contributed by atoms with Gasteiger partial charge in [0, 0.05) is 47.8 Å². The van der Waals surface area contributed by atoms with Crippen molar-refractivity contribution >= 4 is 22.9 Å². The Kier molecular flexibility index (Phi) is 5.45. The van der Waals surface area contributed by atoms with E-state index in [9.17, 15) is 0 Å². The highest BCUT2D eigenvalue weighted by Crippen LogP contribution is 2.34. The molecule has 0 radical (unpaired) electrons. The van der Waals surface area contributed by atoms with Gasteiger partial charge in [0.05, 0.1) is 23.8 Å². The van der Waals surface area contributed by atoms with Gasteiger partial charge in [0.2, 0.25) is 0 Å². The second-order valence-electron chi connectivity index (χ2n) is 7.62. The summed E-state index contributed by atoms with van der Waals surface area (Å²) in [5, 5.41) is 0. The minimum absolute atomic E-state index is 0.531. The van der Waals surface area contributed by atoms with Crippen LogP contribution < -0.4 is 10.5 Å². The summed E-state index contributed by atoms with van der Waals surface area (Å²) >= 11 is 0. The average Bonchev–Trinajstić information content (AvgIpc) is 2.75. The molecule has 1 fully saturated rings. The molecule has 3 aromatic rings. The Balaban J connectivity index is 1.71. The Morgan fingerprint density at radius 3 is 2.55 bits per heavy atom. The zero-order valence-corrected chi connectivity index (χ0v) is 17.2. The fourth-order valence-electron chi connectivity index (χ4n) is 3.94. The first-order valence-electron chi connectivity index (χ1n) is 9.95. The smallest absolute Gasteiger partial charge is 0.130 e. The maximum Gasteiger partial charge on any atom is 0.130 e. The lowest BCUT2D eigenvalue weighted by molar-refractivity contribution is 0.253. The fourth-order valence-corrected chi connectivity index (χ4v) is 3.94. The van der Waals surface area contributed by atoms with Crippen molar-refractivity contribution in [1.29, 1.82) is 0 Å². The third kappa shape index (κ3) is 3.93. The molecule has 0 amide bonds. The molecule has 1 aliphatic rings. The molecule has 4 rings (SSSR count). The van der Waals surface area contributed by atoms with E-state index in [0.29, 0.717) is 17.4 Å². The number of anilines is 1. The van der Waals surface area contributed by atoms with Gasteiger partial charge in [-0.25, -0.2) is 4.98 Å². The number of benzene rings is 1. The number of pyridine rings is 2. The number of fused-ring (bicyclic) bond motifs is 1. The summed E-state index contributed by atoms with van der Waals surface area (Å²) in [6, 6.07) is 12.0. The summed E-state index contributed by atoms with van der Waals surface area (Å²) in [4.78, 5) is 16.2. The van der Waals surface area contributed by atoms with Gasteiger partial charge in [-0.05, 0) is 63.3 Å². The third-order valence-corrected chi connectivity index (χ3v) is 5.65. The van der Waals surface area contributed by atoms with Gasteiger partial charge in [-0.3, -0.25) is 9.98 Å². The molecule has 2 N–H and O–H groups in total. The normalized spacial score (nSPS) is 16.0. The van der Waals surface area contributed by atoms with Gasteiger partial charge < -0.3 is 15.4 Å². The average molecular weight is 390 g/mol. The SMILES string of the molecule is CN=Cc1cc(-c2ccc3nc(C4CCN(C)CC4)ccc3n2)c(OC)cc1N. The van der Waals surface area contributed by atoms with E-state index in [-0.39, 0.29) is 0 Å². The van der Waals surface area contributed by atoms with Crippen molar-refractivity contribution in [3.05, 3.63) is 47.7 Å². The van der Waals surface area contributed by atoms with Crippen molar-refractivity contribution in [1.82, 2.24) is 14.9 Å². The number of nitrogens with zero attached hydrogens (tertiary/aromatic N) is 4. The predicted octanol–water partition coefficient (Wildman–Crippen LogP) is 3.75. The van der Waals surface area contributed by atoms with Crippen LogP contribution in [0.25, 0.3) is 22.3 Å². The number of nitrogens with two attached hydrogens (primary N) is 1. The number of rotatable bonds is 4. The molecule has 2 aromatic heterocycles. The first-order chi connectivity index (χ1) is 14.1. The van der Waals surface area contributed by atoms with Crippen molar-refractivity contribution < 1.29 is 4.74 Å². The summed E-state index contributed by atoms with van der Waals surface area (Å²) < 4.78 is 5.55. The van der Waals surface area contributed by atoms with E-state index in [4.69, 9.17) is 20.4 Å². The lowest BCUT2D eigenvalue weighted by Gasteiger charge is -2.28. The van der Waals surface area contributed by atoms with Crippen molar-refractivity contribution in [2.45, 2.75) is 18.8 Å². The van der Waals surface area contributed by atoms with Crippen LogP contribution in [0.2, 0.25) is 0 Å². The van der Waals surface area contributed by atoms with Crippen molar-refractivity contribution in [2.75, 3.05) is 40.0 Å². The Labute approximate surface area is 171 Å². The summed E-state index contributed by atoms with van der Waals surface area (Å²) in [6.07, 6.45) is 4.06. The molecule has 1 aliphatic heterocycles. The van der Waals surface area contributed by atoms with Crippen LogP contribution in [0.1, 0.15) is 30.0 Å². The molecule has 150 valence electrons. The van der Waals surface area contributed by atoms with Crippen LogP contribution in [0.4, 0.5) is 5.69 Å². The van der Waals surface area contributed by atoms with E-state index < -0.39 is 0 Å². The number of hydrogen-bond acceptors (Lipinski definition) is 6. The first kappa shape index (κ1) is 19.3. The molecular formula is C23H27N5O. The quantitative estimate of drug-likeness (QED) is 0.543. The van der Waals surface area contributed by atoms with Gasteiger partial charge in [0.15, 0.2) is 0 Å². The molecule has 1 saturated heterocycles. The van der Waals surface area contributed by atoms with Crippen molar-refractivity contribution in [2.24, 2.45) is 4.99 Å². The number of aromatic nitrogens is 2. The fraction of sp³-hybridized carbons (Fsp3) is 0.348. The van der Waals surface area contributed by atoms with Crippen molar-refractivity contribution in [3.63, 3.8) is 0 Å². The van der Waals surface area contributed by atoms with Crippen LogP contribution in [-0.2, 0) is 0 Å². The van der Waals surface area contributed by atoms with Crippen LogP contribution >= 0.6 is 0 Å². The molecule has 0 spiro atoms. The first-order valence-corrected chi connectivity index (χ1v) is 9.95. The Morgan fingerprint density at radius 2 is 1.83 bits per heavy atom. The summed E-state index contributed by atoms with van der Waals surface area (Å²) in [5.74, 6) is 1.22. The number of likely N-dealkylation sites (tertiary alicyclic amines) is 1. The van der Waals surface area contributed by atoms with Crippen molar-refractivity contribution in [3.8, 4) is 17.0 Å². The van der Waals surface area contributed by atoms with Crippen LogP contribution in [0.15, 0.2) is 41.4 Å². The molecule has 0 bridgehead atoms. The topological polar surface area (TPSA) is 76.6 Å². The highest BCUT2D eigenvalue weighted by molar-refractivity contribution is 5.91. The number of ether oxygens (including phenoxy) is 1. The Hall–Kier alpha value is -2.99. The number of piperidine rings is 1. The largest absolute Gasteiger partial charge is 0.496 e. The van der Waals surface area contributed by atoms with E-state index in [2.05, 4.69) is 29.1 Å². The van der Waals surface area contributed by atoms with Gasteiger partial charge in [-0.1, -0.05) is 0 Å². The number of nitrogen functional groups attached to an aromatic ring is 1. The van der Waals surface area contributed by atoms with E-state index in [0.717, 1.165) is 53.8 Å². The van der Waals surface area contributed by atoms with Crippen LogP contribution in [0, 0.1) is 0 Å². The highest BCUT2D eigenvalue weighted by atomic mass is 16.5. The minimum atomic E-state index is 0.531. The Morgan fingerprint density at radius 1 is 1.10 bits per heavy atom. The summed E-state index contributed by atoms with van der Waals surface area (Å²) in [5.41, 5.74) is 12.3. The molecule has 0 aliphatic carbocycles. The molecular weight excluding hydrogens is 362 g/mol. The maximum atomic E-state index is 6.11. The number of aliphatic imine (C=N–C) groups is 1. The summed E-state index contributed by atoms with van der Waals surface area (Å²) in [7, 11) is 5.55. The molecule has 1 aromatic carbocycles. The lowest BCUT2D eigenvalue weighted by Crippen LogP contribution is -2.29. The van der Waals surface area contributed by atoms with E-state index in [1.54, 1.807) is 20.4 Å². The second-order valence-corrected chi connectivity index (χ2v) is 7.62. The van der Waals surface area contributed by atoms with Gasteiger partial charge in [0.25, 0.3) is 0 Å². The van der Waals surface area contributed by atoms with Gasteiger partial charge in [0.1, 0.15) is 5.75 Å². The highest BCUT2D eigenvalue weighted by Gasteiger charge is 2.20. The van der Waals surface area contributed by atoms with Crippen LogP contribution in [-0.4, -0.2) is 55.4 Å². The number of methoxy groups -OCH3 is 1. The van der Waals surface area contributed by atoms with E-state index in [1.165, 1.54) is 5.69 Å². The predicted molar refractivity (Wildman–Crippen MR) is 119 cm³/mol. The molecule has 0 atom stereocenters. The van der Waals surface area contributed by atoms with Crippen LogP contribution in [0.5, 0.6) is 5.75 Å². The van der Waals surface area contributed by atoms with E-state index >= 15 is 0 Å². The molecule has 3 heterocycles. The zero-order valence-electron chi connectivity index (χ0n) is 17.2. The molecule has 6 heteroatoms. The van der Waals surface area contributed by atoms with Crippen LogP contribution in [0.3, 0.4) is 0 Å². The van der Waals surface area contributed by atoms with Gasteiger partial charge in [-0.15, -0.1) is 0 Å². The zero-order chi connectivity index (χ0) is 20.4. The van der Waals surface area contributed by atoms with Gasteiger partial charge in [-0.2, -0.15) is 0 Å². The summed E-state index contributed by atoms with van der Waals surface area (Å²) in [6.45, 7) is 2.25. The second kappa shape index (κ2) is 8.17. The lowest BCUT2D eigenvalue weighted by atomic mass is 9.93. The van der Waals surface area contributed by atoms with E-state index in [1.807, 2.05) is 24.3 Å². The Bertz CT molecular complexity index is 1050. The standard InChI is InChI=1S/C23H27N5O/c1-25-14-16-12-17(23(29-3)13-18(16)24)20-5-7-21-22(27-20)6-4-19(26-21)15-8-10-28(2)11-9-15/h4-7,12-15H,8-11,24H2,1-3H3. The van der Waals surface area contributed by atoms with Gasteiger partial charge >= 0.3 is 0 Å². The molecule has 0 unspecified atom stereocenters. The maximum absolute atomic E-state index is 6.11. The molecule has 0 saturated carbocycles. The third-order valence-electron chi connectivity index (χ3n) is 5.65. The monoisotopic (exact) mass is 389 g/mol. The minimum Gasteiger partial charge on any atom is -0.496 e.